The largest absolute Gasteiger partial charge is 0.398 e. The molecule has 1 unspecified atom stereocenters. The van der Waals surface area contributed by atoms with E-state index in [2.05, 4.69) is 35.1 Å². The number of anilines is 1. The summed E-state index contributed by atoms with van der Waals surface area (Å²) in [5.41, 5.74) is 7.34. The lowest BCUT2D eigenvalue weighted by molar-refractivity contribution is 0.0950. The number of benzene rings is 1. The van der Waals surface area contributed by atoms with E-state index in [1.165, 1.54) is 6.42 Å². The van der Waals surface area contributed by atoms with Crippen LogP contribution in [0.15, 0.2) is 22.7 Å². The molecule has 0 saturated heterocycles. The fourth-order valence-electron chi connectivity index (χ4n) is 1.93. The number of nitrogens with two attached hydrogens (primary N) is 1. The van der Waals surface area contributed by atoms with E-state index in [0.29, 0.717) is 22.6 Å². The number of rotatable bonds is 3. The van der Waals surface area contributed by atoms with Crippen molar-refractivity contribution in [2.75, 3.05) is 12.3 Å². The predicted octanol–water partition coefficient (Wildman–Crippen LogP) is 2.81. The van der Waals surface area contributed by atoms with E-state index in [-0.39, 0.29) is 5.91 Å². The molecule has 0 aliphatic heterocycles. The molecule has 1 aromatic rings. The molecule has 2 rings (SSSR count). The fraction of sp³-hybridized carbons (Fsp3) is 0.462. The first-order valence-electron chi connectivity index (χ1n) is 5.73. The molecule has 1 fully saturated rings. The number of carbonyl (C=O) groups excluding carboxylic acids is 1. The summed E-state index contributed by atoms with van der Waals surface area (Å²) in [5, 5.41) is 2.95. The van der Waals surface area contributed by atoms with E-state index in [1.54, 1.807) is 18.2 Å². The van der Waals surface area contributed by atoms with Crippen LogP contribution in [0.3, 0.4) is 0 Å². The minimum Gasteiger partial charge on any atom is -0.398 e. The molecule has 0 heterocycles. The second-order valence-corrected chi connectivity index (χ2v) is 6.19. The molecule has 3 N–H and O–H groups in total. The molecule has 1 amide bonds. The number of nitrogens with one attached hydrogen (secondary N) is 1. The minimum atomic E-state index is -0.0492. The SMILES string of the molecule is CC1(C)CC1CNC(=O)c1ccc(Br)c(N)c1. The molecular formula is C13H17BrN2O. The lowest BCUT2D eigenvalue weighted by Gasteiger charge is -2.07. The molecule has 4 heteroatoms. The van der Waals surface area contributed by atoms with Gasteiger partial charge in [-0.3, -0.25) is 4.79 Å². The lowest BCUT2D eigenvalue weighted by atomic mass is 10.1. The number of hydrogen-bond donors (Lipinski definition) is 2. The third kappa shape index (κ3) is 2.80. The van der Waals surface area contributed by atoms with Crippen molar-refractivity contribution in [2.45, 2.75) is 20.3 Å². The van der Waals surface area contributed by atoms with E-state index in [1.807, 2.05) is 0 Å². The Balaban J connectivity index is 1.93. The fourth-order valence-corrected chi connectivity index (χ4v) is 2.17. The van der Waals surface area contributed by atoms with E-state index in [9.17, 15) is 4.79 Å². The molecule has 0 aromatic heterocycles. The third-order valence-corrected chi connectivity index (χ3v) is 4.21. The monoisotopic (exact) mass is 296 g/mol. The van der Waals surface area contributed by atoms with Gasteiger partial charge in [0.2, 0.25) is 0 Å². The lowest BCUT2D eigenvalue weighted by Crippen LogP contribution is -2.26. The molecule has 0 radical (unpaired) electrons. The number of carbonyl (C=O) groups is 1. The summed E-state index contributed by atoms with van der Waals surface area (Å²) >= 11 is 3.31. The molecule has 1 aliphatic carbocycles. The number of amides is 1. The molecule has 92 valence electrons. The van der Waals surface area contributed by atoms with Crippen LogP contribution in [0.25, 0.3) is 0 Å². The Morgan fingerprint density at radius 2 is 2.24 bits per heavy atom. The van der Waals surface area contributed by atoms with E-state index < -0.39 is 0 Å². The zero-order valence-corrected chi connectivity index (χ0v) is 11.7. The Morgan fingerprint density at radius 3 is 2.76 bits per heavy atom. The van der Waals surface area contributed by atoms with Crippen molar-refractivity contribution >= 4 is 27.5 Å². The van der Waals surface area contributed by atoms with Gasteiger partial charge in [-0.25, -0.2) is 0 Å². The molecular weight excluding hydrogens is 280 g/mol. The Morgan fingerprint density at radius 1 is 1.59 bits per heavy atom. The summed E-state index contributed by atoms with van der Waals surface area (Å²) in [6.07, 6.45) is 1.19. The van der Waals surface area contributed by atoms with Crippen LogP contribution >= 0.6 is 15.9 Å². The highest BCUT2D eigenvalue weighted by atomic mass is 79.9. The van der Waals surface area contributed by atoms with Crippen LogP contribution in [0.2, 0.25) is 0 Å². The zero-order valence-electron chi connectivity index (χ0n) is 10.1. The maximum atomic E-state index is 11.9. The maximum absolute atomic E-state index is 11.9. The van der Waals surface area contributed by atoms with Crippen molar-refractivity contribution in [1.29, 1.82) is 0 Å². The smallest absolute Gasteiger partial charge is 0.251 e. The summed E-state index contributed by atoms with van der Waals surface area (Å²) in [6, 6.07) is 5.26. The van der Waals surface area contributed by atoms with Crippen LogP contribution in [0.4, 0.5) is 5.69 Å². The summed E-state index contributed by atoms with van der Waals surface area (Å²) in [4.78, 5) is 11.9. The van der Waals surface area contributed by atoms with Crippen molar-refractivity contribution in [3.8, 4) is 0 Å². The molecule has 17 heavy (non-hydrogen) atoms. The van der Waals surface area contributed by atoms with Crippen LogP contribution in [-0.2, 0) is 0 Å². The highest BCUT2D eigenvalue weighted by Gasteiger charge is 2.45. The van der Waals surface area contributed by atoms with Gasteiger partial charge in [0.25, 0.3) is 5.91 Å². The van der Waals surface area contributed by atoms with Gasteiger partial charge in [0.05, 0.1) is 0 Å². The summed E-state index contributed by atoms with van der Waals surface area (Å²) in [6.45, 7) is 5.20. The van der Waals surface area contributed by atoms with Gasteiger partial charge >= 0.3 is 0 Å². The highest BCUT2D eigenvalue weighted by Crippen LogP contribution is 2.50. The Bertz CT molecular complexity index is 457. The van der Waals surface area contributed by atoms with Crippen LogP contribution in [0.5, 0.6) is 0 Å². The van der Waals surface area contributed by atoms with Crippen LogP contribution in [0.1, 0.15) is 30.6 Å². The summed E-state index contributed by atoms with van der Waals surface area (Å²) in [5.74, 6) is 0.561. The zero-order chi connectivity index (χ0) is 12.6. The quantitative estimate of drug-likeness (QED) is 0.843. The molecule has 0 spiro atoms. The van der Waals surface area contributed by atoms with Crippen molar-refractivity contribution in [2.24, 2.45) is 11.3 Å². The van der Waals surface area contributed by atoms with E-state index >= 15 is 0 Å². The van der Waals surface area contributed by atoms with Gasteiger partial charge in [0.1, 0.15) is 0 Å². The van der Waals surface area contributed by atoms with Gasteiger partial charge in [0, 0.05) is 22.3 Å². The Hall–Kier alpha value is -1.03. The first kappa shape index (κ1) is 12.4. The van der Waals surface area contributed by atoms with Crippen molar-refractivity contribution in [1.82, 2.24) is 5.32 Å². The average molecular weight is 297 g/mol. The van der Waals surface area contributed by atoms with Gasteiger partial charge in [-0.15, -0.1) is 0 Å². The second-order valence-electron chi connectivity index (χ2n) is 5.34. The standard InChI is InChI=1S/C13H17BrN2O/c1-13(2)6-9(13)7-16-12(17)8-3-4-10(14)11(15)5-8/h3-5,9H,6-7,15H2,1-2H3,(H,16,17). The van der Waals surface area contributed by atoms with Crippen molar-refractivity contribution in [3.63, 3.8) is 0 Å². The summed E-state index contributed by atoms with van der Waals surface area (Å²) in [7, 11) is 0. The molecule has 1 aromatic carbocycles. The van der Waals surface area contributed by atoms with Crippen LogP contribution in [-0.4, -0.2) is 12.5 Å². The predicted molar refractivity (Wildman–Crippen MR) is 72.8 cm³/mol. The minimum absolute atomic E-state index is 0.0492. The van der Waals surface area contributed by atoms with Gasteiger partial charge in [-0.05, 0) is 51.9 Å². The second kappa shape index (κ2) is 4.33. The van der Waals surface area contributed by atoms with Crippen LogP contribution in [0, 0.1) is 11.3 Å². The van der Waals surface area contributed by atoms with Gasteiger partial charge in [-0.2, -0.15) is 0 Å². The van der Waals surface area contributed by atoms with Crippen LogP contribution < -0.4 is 11.1 Å². The average Bonchev–Trinajstić information content (AvgIpc) is 2.87. The van der Waals surface area contributed by atoms with Gasteiger partial charge < -0.3 is 11.1 Å². The van der Waals surface area contributed by atoms with Crippen molar-refractivity contribution < 1.29 is 4.79 Å². The maximum Gasteiger partial charge on any atom is 0.251 e. The normalized spacial score (nSPS) is 21.0. The molecule has 1 atom stereocenters. The van der Waals surface area contributed by atoms with Gasteiger partial charge in [0.15, 0.2) is 0 Å². The number of nitrogen functional groups attached to an aromatic ring is 1. The topological polar surface area (TPSA) is 55.1 Å². The van der Waals surface area contributed by atoms with Crippen molar-refractivity contribution in [3.05, 3.63) is 28.2 Å². The number of hydrogen-bond acceptors (Lipinski definition) is 2. The Kier molecular flexibility index (Phi) is 3.17. The molecule has 0 bridgehead atoms. The highest BCUT2D eigenvalue weighted by molar-refractivity contribution is 9.10. The first-order valence-corrected chi connectivity index (χ1v) is 6.53. The molecule has 3 nitrogen and oxygen atoms in total. The van der Waals surface area contributed by atoms with E-state index in [0.717, 1.165) is 11.0 Å². The van der Waals surface area contributed by atoms with E-state index in [4.69, 9.17) is 5.73 Å². The molecule has 1 aliphatic rings. The first-order chi connectivity index (χ1) is 7.90. The summed E-state index contributed by atoms with van der Waals surface area (Å²) < 4.78 is 0.817. The van der Waals surface area contributed by atoms with Gasteiger partial charge in [-0.1, -0.05) is 13.8 Å². The Labute approximate surface area is 110 Å². The third-order valence-electron chi connectivity index (χ3n) is 3.48. The number of halogens is 1. The molecule has 1 saturated carbocycles.